The summed E-state index contributed by atoms with van der Waals surface area (Å²) in [6.07, 6.45) is 2.51. The van der Waals surface area contributed by atoms with Crippen LogP contribution in [0.1, 0.15) is 48.0 Å². The number of carbonyl (C=O) groups excluding carboxylic acids is 1. The normalized spacial score (nSPS) is 16.1. The average Bonchev–Trinajstić information content (AvgIpc) is 3.25. The second-order valence-corrected chi connectivity index (χ2v) is 14.0. The zero-order chi connectivity index (χ0) is 35.5. The molecule has 1 N–H and O–H groups in total. The summed E-state index contributed by atoms with van der Waals surface area (Å²) in [6.45, 7) is 7.96. The number of nitrogens with zero attached hydrogens (tertiary/aromatic N) is 6. The largest absolute Gasteiger partial charge is 0.392 e. The first-order chi connectivity index (χ1) is 23.8. The van der Waals surface area contributed by atoms with E-state index >= 15 is 4.39 Å². The molecule has 1 unspecified atom stereocenters. The minimum Gasteiger partial charge on any atom is -0.392 e. The van der Waals surface area contributed by atoms with E-state index in [0.717, 1.165) is 11.1 Å². The van der Waals surface area contributed by atoms with E-state index in [1.165, 1.54) is 27.7 Å². The highest BCUT2D eigenvalue weighted by molar-refractivity contribution is 5.94. The minimum atomic E-state index is -0.870. The number of anilines is 2. The van der Waals surface area contributed by atoms with Gasteiger partial charge in [0.15, 0.2) is 0 Å². The number of carbonyl (C=O) groups is 1. The van der Waals surface area contributed by atoms with Gasteiger partial charge in [0.1, 0.15) is 17.3 Å². The highest BCUT2D eigenvalue weighted by Crippen LogP contribution is 2.37. The van der Waals surface area contributed by atoms with Gasteiger partial charge in [-0.25, -0.2) is 9.37 Å². The number of amides is 1. The van der Waals surface area contributed by atoms with E-state index in [9.17, 15) is 19.5 Å². The highest BCUT2D eigenvalue weighted by atomic mass is 19.1. The number of aliphatic hydroxyl groups excluding tert-OH is 1. The number of ether oxygens (including phenoxy) is 1. The fourth-order valence-electron chi connectivity index (χ4n) is 6.87. The van der Waals surface area contributed by atoms with Crippen molar-refractivity contribution in [2.45, 2.75) is 45.1 Å². The molecule has 4 heterocycles. The Kier molecular flexibility index (Phi) is 8.39. The number of pyridine rings is 2. The van der Waals surface area contributed by atoms with Crippen LogP contribution in [-0.2, 0) is 30.0 Å². The summed E-state index contributed by atoms with van der Waals surface area (Å²) in [6, 6.07) is 13.8. The fraction of sp³-hybridized carbons (Fsp3) is 0.342. The first kappa shape index (κ1) is 33.3. The Morgan fingerprint density at radius 1 is 1.00 bits per heavy atom. The lowest BCUT2D eigenvalue weighted by Crippen LogP contribution is -2.40. The molecule has 1 atom stereocenters. The number of rotatable bonds is 4. The van der Waals surface area contributed by atoms with Gasteiger partial charge in [0.05, 0.1) is 42.2 Å². The van der Waals surface area contributed by atoms with Crippen molar-refractivity contribution in [3.63, 3.8) is 0 Å². The number of benzene rings is 2. The molecule has 0 spiro atoms. The van der Waals surface area contributed by atoms with Gasteiger partial charge in [-0.3, -0.25) is 14.4 Å². The SMILES string of the molecule is CN(c1ccc(C(=O)N2CCOCC2)cn1)c1cc2c(n(C)c1=O)CC(O)Cc1c-2cccc1-n1ncc2cc(C(C)(C)C)cc(F)c2c1=O. The van der Waals surface area contributed by atoms with E-state index in [2.05, 4.69) is 10.1 Å². The third-order valence-electron chi connectivity index (χ3n) is 9.76. The smallest absolute Gasteiger partial charge is 0.282 e. The van der Waals surface area contributed by atoms with Crippen LogP contribution in [0.4, 0.5) is 15.9 Å². The molecule has 1 aliphatic heterocycles. The first-order valence-electron chi connectivity index (χ1n) is 16.7. The molecule has 2 aliphatic rings. The second-order valence-electron chi connectivity index (χ2n) is 14.0. The van der Waals surface area contributed by atoms with E-state index in [0.29, 0.717) is 71.3 Å². The van der Waals surface area contributed by atoms with Gasteiger partial charge in [-0.15, -0.1) is 0 Å². The summed E-state index contributed by atoms with van der Waals surface area (Å²) in [4.78, 5) is 48.6. The van der Waals surface area contributed by atoms with Gasteiger partial charge >= 0.3 is 0 Å². The van der Waals surface area contributed by atoms with Crippen LogP contribution < -0.4 is 16.0 Å². The van der Waals surface area contributed by atoms with Crippen LogP contribution in [0.25, 0.3) is 27.6 Å². The molecule has 7 rings (SSSR count). The highest BCUT2D eigenvalue weighted by Gasteiger charge is 2.28. The van der Waals surface area contributed by atoms with Gasteiger partial charge in [0, 0.05) is 62.9 Å². The van der Waals surface area contributed by atoms with E-state index < -0.39 is 17.5 Å². The Morgan fingerprint density at radius 3 is 2.46 bits per heavy atom. The number of aliphatic hydroxyl groups is 1. The lowest BCUT2D eigenvalue weighted by Gasteiger charge is -2.27. The van der Waals surface area contributed by atoms with Gasteiger partial charge in [0.2, 0.25) is 0 Å². The molecule has 5 aromatic rings. The standard InChI is InChI=1S/C38H39FN6O5/c1-38(2,3)24-15-23-21-41-45(37(49)34(23)29(39)16-24)30-8-6-7-26-27(30)17-25(46)18-31-28(26)19-32(36(48)43(31)5)42(4)33-10-9-22(20-40-33)35(47)44-11-13-50-14-12-44/h6-10,15-16,19-21,25,46H,11-14,17-18H2,1-5H3. The Bertz CT molecular complexity index is 2270. The lowest BCUT2D eigenvalue weighted by atomic mass is 9.86. The van der Waals surface area contributed by atoms with Crippen LogP contribution in [0.2, 0.25) is 0 Å². The van der Waals surface area contributed by atoms with Crippen LogP contribution in [0.15, 0.2) is 70.5 Å². The van der Waals surface area contributed by atoms with E-state index in [1.807, 2.05) is 26.8 Å². The van der Waals surface area contributed by atoms with E-state index in [4.69, 9.17) is 4.74 Å². The van der Waals surface area contributed by atoms with Crippen molar-refractivity contribution in [3.8, 4) is 16.8 Å². The Hall–Kier alpha value is -5.20. The molecule has 50 heavy (non-hydrogen) atoms. The summed E-state index contributed by atoms with van der Waals surface area (Å²) in [5, 5.41) is 16.1. The van der Waals surface area contributed by atoms with Crippen molar-refractivity contribution in [1.82, 2.24) is 24.2 Å². The molecule has 0 radical (unpaired) electrons. The number of fused-ring (bicyclic) bond motifs is 4. The quantitative estimate of drug-likeness (QED) is 0.299. The molecular weight excluding hydrogens is 639 g/mol. The molecule has 0 bridgehead atoms. The first-order valence-corrected chi connectivity index (χ1v) is 16.7. The van der Waals surface area contributed by atoms with Gasteiger partial charge < -0.3 is 24.2 Å². The molecule has 1 saturated heterocycles. The van der Waals surface area contributed by atoms with Crippen LogP contribution in [0, 0.1) is 5.82 Å². The number of halogens is 1. The molecule has 12 heteroatoms. The lowest BCUT2D eigenvalue weighted by molar-refractivity contribution is 0.0302. The van der Waals surface area contributed by atoms with Gasteiger partial charge in [0.25, 0.3) is 17.0 Å². The Labute approximate surface area is 288 Å². The Balaban J connectivity index is 1.31. The maximum absolute atomic E-state index is 15.5. The molecule has 1 amide bonds. The second kappa shape index (κ2) is 12.6. The molecule has 1 fully saturated rings. The van der Waals surface area contributed by atoms with Crippen molar-refractivity contribution in [2.75, 3.05) is 38.3 Å². The fourth-order valence-corrected chi connectivity index (χ4v) is 6.87. The summed E-state index contributed by atoms with van der Waals surface area (Å²) in [5.41, 5.74) is 3.45. The zero-order valence-electron chi connectivity index (χ0n) is 28.7. The predicted octanol–water partition coefficient (Wildman–Crippen LogP) is 4.28. The van der Waals surface area contributed by atoms with E-state index in [1.54, 1.807) is 60.3 Å². The zero-order valence-corrected chi connectivity index (χ0v) is 28.7. The average molecular weight is 679 g/mol. The Morgan fingerprint density at radius 2 is 1.76 bits per heavy atom. The molecule has 1 aliphatic carbocycles. The molecule has 258 valence electrons. The van der Waals surface area contributed by atoms with Crippen molar-refractivity contribution in [1.29, 1.82) is 0 Å². The third-order valence-corrected chi connectivity index (χ3v) is 9.76. The van der Waals surface area contributed by atoms with Crippen molar-refractivity contribution in [3.05, 3.63) is 110 Å². The predicted molar refractivity (Wildman–Crippen MR) is 189 cm³/mol. The number of hydrogen-bond acceptors (Lipinski definition) is 8. The van der Waals surface area contributed by atoms with E-state index in [-0.39, 0.29) is 35.1 Å². The van der Waals surface area contributed by atoms with Gasteiger partial charge in [-0.1, -0.05) is 32.9 Å². The van der Waals surface area contributed by atoms with Crippen molar-refractivity contribution in [2.24, 2.45) is 7.05 Å². The molecule has 3 aromatic heterocycles. The number of aromatic nitrogens is 4. The maximum atomic E-state index is 15.5. The van der Waals surface area contributed by atoms with Crippen molar-refractivity contribution < 1.29 is 19.0 Å². The van der Waals surface area contributed by atoms with Crippen LogP contribution in [0.3, 0.4) is 0 Å². The summed E-state index contributed by atoms with van der Waals surface area (Å²) < 4.78 is 23.6. The summed E-state index contributed by atoms with van der Waals surface area (Å²) >= 11 is 0. The monoisotopic (exact) mass is 678 g/mol. The maximum Gasteiger partial charge on any atom is 0.282 e. The number of hydrogen-bond donors (Lipinski definition) is 1. The third kappa shape index (κ3) is 5.77. The minimum absolute atomic E-state index is 0.0587. The molecule has 11 nitrogen and oxygen atoms in total. The molecular formula is C38H39FN6O5. The summed E-state index contributed by atoms with van der Waals surface area (Å²) in [7, 11) is 3.40. The topological polar surface area (TPSA) is 123 Å². The van der Waals surface area contributed by atoms with Crippen molar-refractivity contribution >= 4 is 28.2 Å². The van der Waals surface area contributed by atoms with Gasteiger partial charge in [-0.05, 0) is 58.5 Å². The van der Waals surface area contributed by atoms with Gasteiger partial charge in [-0.2, -0.15) is 9.78 Å². The van der Waals surface area contributed by atoms with Crippen LogP contribution in [0.5, 0.6) is 0 Å². The van der Waals surface area contributed by atoms with Crippen LogP contribution >= 0.6 is 0 Å². The number of morpholine rings is 1. The summed E-state index contributed by atoms with van der Waals surface area (Å²) in [5.74, 6) is -0.276. The van der Waals surface area contributed by atoms with Crippen LogP contribution in [-0.4, -0.2) is 74.7 Å². The molecule has 0 saturated carbocycles. The molecule has 2 aromatic carbocycles.